The van der Waals surface area contributed by atoms with Crippen LogP contribution in [0.3, 0.4) is 0 Å². The zero-order chi connectivity index (χ0) is 14.3. The highest BCUT2D eigenvalue weighted by Crippen LogP contribution is 2.43. The van der Waals surface area contributed by atoms with Crippen molar-refractivity contribution in [2.45, 2.75) is 13.5 Å². The largest absolute Gasteiger partial charge is 0.454 e. The summed E-state index contributed by atoms with van der Waals surface area (Å²) in [6.45, 7) is 6.41. The van der Waals surface area contributed by atoms with Crippen LogP contribution >= 0.6 is 11.6 Å². The number of hydrogen-bond acceptors (Lipinski definition) is 4. The smallest absolute Gasteiger partial charge is 0.231 e. The number of fused-ring (bicyclic) bond motifs is 1. The Bertz CT molecular complexity index is 694. The number of halogens is 1. The lowest BCUT2D eigenvalue weighted by atomic mass is 10.1. The molecule has 2 aromatic rings. The summed E-state index contributed by atoms with van der Waals surface area (Å²) < 4.78 is 12.6. The van der Waals surface area contributed by atoms with Crippen molar-refractivity contribution >= 4 is 17.4 Å². The van der Waals surface area contributed by atoms with Gasteiger partial charge in [0, 0.05) is 12.1 Å². The molecule has 0 unspecified atom stereocenters. The lowest BCUT2D eigenvalue weighted by Gasteiger charge is -2.05. The summed E-state index contributed by atoms with van der Waals surface area (Å²) in [5, 5.41) is 0.491. The number of aryl methyl sites for hydroxylation is 1. The second-order valence-corrected chi connectivity index (χ2v) is 4.89. The van der Waals surface area contributed by atoms with Gasteiger partial charge in [-0.2, -0.15) is 0 Å². The highest BCUT2D eigenvalue weighted by atomic mass is 35.5. The third-order valence-corrected chi connectivity index (χ3v) is 3.49. The van der Waals surface area contributed by atoms with E-state index in [0.717, 1.165) is 11.4 Å². The molecule has 3 rings (SSSR count). The zero-order valence-electron chi connectivity index (χ0n) is 11.0. The van der Waals surface area contributed by atoms with Crippen LogP contribution in [-0.4, -0.2) is 16.3 Å². The first-order chi connectivity index (χ1) is 9.61. The van der Waals surface area contributed by atoms with E-state index >= 15 is 0 Å². The molecule has 1 aromatic heterocycles. The Balaban J connectivity index is 2.12. The second-order valence-electron chi connectivity index (χ2n) is 4.48. The SMILES string of the molecule is C=CCn1c(C)nc(-c2cc(Cl)c3c(c2)OCO3)c1N. The minimum atomic E-state index is 0.178. The van der Waals surface area contributed by atoms with E-state index in [1.807, 2.05) is 17.6 Å². The number of hydrogen-bond donors (Lipinski definition) is 1. The average molecular weight is 292 g/mol. The first-order valence-electron chi connectivity index (χ1n) is 6.15. The molecule has 0 saturated carbocycles. The summed E-state index contributed by atoms with van der Waals surface area (Å²) in [4.78, 5) is 4.50. The van der Waals surface area contributed by atoms with Crippen molar-refractivity contribution in [2.75, 3.05) is 12.5 Å². The van der Waals surface area contributed by atoms with E-state index < -0.39 is 0 Å². The maximum absolute atomic E-state index is 6.19. The van der Waals surface area contributed by atoms with Gasteiger partial charge in [0.15, 0.2) is 11.5 Å². The topological polar surface area (TPSA) is 62.3 Å². The molecule has 0 spiro atoms. The Labute approximate surface area is 121 Å². The molecule has 0 radical (unpaired) electrons. The Morgan fingerprint density at radius 1 is 1.50 bits per heavy atom. The maximum atomic E-state index is 6.19. The fourth-order valence-corrected chi connectivity index (χ4v) is 2.52. The van der Waals surface area contributed by atoms with Gasteiger partial charge in [0.25, 0.3) is 0 Å². The molecule has 20 heavy (non-hydrogen) atoms. The first kappa shape index (κ1) is 12.9. The molecule has 0 bridgehead atoms. The van der Waals surface area contributed by atoms with Gasteiger partial charge in [-0.05, 0) is 19.1 Å². The number of allylic oxidation sites excluding steroid dienone is 1. The van der Waals surface area contributed by atoms with Gasteiger partial charge in [-0.3, -0.25) is 0 Å². The molecule has 0 amide bonds. The number of ether oxygens (including phenoxy) is 2. The van der Waals surface area contributed by atoms with E-state index in [1.54, 1.807) is 12.1 Å². The highest BCUT2D eigenvalue weighted by molar-refractivity contribution is 6.32. The molecular formula is C14H14ClN3O2. The third-order valence-electron chi connectivity index (χ3n) is 3.21. The van der Waals surface area contributed by atoms with Crippen LogP contribution < -0.4 is 15.2 Å². The lowest BCUT2D eigenvalue weighted by molar-refractivity contribution is 0.174. The summed E-state index contributed by atoms with van der Waals surface area (Å²) in [5.41, 5.74) is 7.65. The van der Waals surface area contributed by atoms with Crippen molar-refractivity contribution in [3.63, 3.8) is 0 Å². The fraction of sp³-hybridized carbons (Fsp3) is 0.214. The average Bonchev–Trinajstić information content (AvgIpc) is 2.99. The summed E-state index contributed by atoms with van der Waals surface area (Å²) >= 11 is 6.19. The van der Waals surface area contributed by atoms with Crippen molar-refractivity contribution < 1.29 is 9.47 Å². The molecule has 104 valence electrons. The van der Waals surface area contributed by atoms with Crippen molar-refractivity contribution in [1.29, 1.82) is 0 Å². The molecule has 1 aliphatic heterocycles. The van der Waals surface area contributed by atoms with E-state index in [4.69, 9.17) is 26.8 Å². The number of nitrogen functional groups attached to an aromatic ring is 1. The van der Waals surface area contributed by atoms with Crippen molar-refractivity contribution in [2.24, 2.45) is 0 Å². The molecule has 2 heterocycles. The summed E-state index contributed by atoms with van der Waals surface area (Å²) in [7, 11) is 0. The Morgan fingerprint density at radius 3 is 3.05 bits per heavy atom. The van der Waals surface area contributed by atoms with Gasteiger partial charge < -0.3 is 19.8 Å². The monoisotopic (exact) mass is 291 g/mol. The Hall–Kier alpha value is -2.14. The summed E-state index contributed by atoms with van der Waals surface area (Å²) in [6.07, 6.45) is 1.78. The number of benzene rings is 1. The number of anilines is 1. The van der Waals surface area contributed by atoms with Gasteiger partial charge in [-0.1, -0.05) is 17.7 Å². The molecule has 0 aliphatic carbocycles. The third kappa shape index (κ3) is 1.91. The van der Waals surface area contributed by atoms with Crippen LogP contribution in [-0.2, 0) is 6.54 Å². The first-order valence-corrected chi connectivity index (χ1v) is 6.52. The predicted molar refractivity (Wildman–Crippen MR) is 78.1 cm³/mol. The van der Waals surface area contributed by atoms with Crippen LogP contribution in [0.4, 0.5) is 5.82 Å². The van der Waals surface area contributed by atoms with Crippen LogP contribution in [0.1, 0.15) is 5.82 Å². The molecule has 0 atom stereocenters. The quantitative estimate of drug-likeness (QED) is 0.883. The van der Waals surface area contributed by atoms with Gasteiger partial charge in [-0.25, -0.2) is 4.98 Å². The van der Waals surface area contributed by atoms with Crippen molar-refractivity contribution in [1.82, 2.24) is 9.55 Å². The number of aromatic nitrogens is 2. The number of rotatable bonds is 3. The number of imidazole rings is 1. The second kappa shape index (κ2) is 4.76. The number of nitrogens with two attached hydrogens (primary N) is 1. The van der Waals surface area contributed by atoms with Crippen LogP contribution in [0.2, 0.25) is 5.02 Å². The zero-order valence-corrected chi connectivity index (χ0v) is 11.8. The minimum Gasteiger partial charge on any atom is -0.454 e. The molecular weight excluding hydrogens is 278 g/mol. The predicted octanol–water partition coefficient (Wildman–Crippen LogP) is 3.01. The Morgan fingerprint density at radius 2 is 2.30 bits per heavy atom. The van der Waals surface area contributed by atoms with Crippen LogP contribution in [0.25, 0.3) is 11.3 Å². The molecule has 5 nitrogen and oxygen atoms in total. The minimum absolute atomic E-state index is 0.178. The van der Waals surface area contributed by atoms with E-state index in [0.29, 0.717) is 34.6 Å². The summed E-state index contributed by atoms with van der Waals surface area (Å²) in [5.74, 6) is 2.59. The van der Waals surface area contributed by atoms with Gasteiger partial charge in [0.2, 0.25) is 6.79 Å². The van der Waals surface area contributed by atoms with Gasteiger partial charge in [0.05, 0.1) is 5.02 Å². The number of nitrogens with zero attached hydrogens (tertiary/aromatic N) is 2. The van der Waals surface area contributed by atoms with Crippen LogP contribution in [0, 0.1) is 6.92 Å². The molecule has 2 N–H and O–H groups in total. The van der Waals surface area contributed by atoms with Crippen molar-refractivity contribution in [3.8, 4) is 22.8 Å². The normalized spacial score (nSPS) is 12.7. The molecule has 0 saturated heterocycles. The summed E-state index contributed by atoms with van der Waals surface area (Å²) in [6, 6.07) is 3.62. The molecule has 6 heteroatoms. The van der Waals surface area contributed by atoms with Crippen LogP contribution in [0.15, 0.2) is 24.8 Å². The maximum Gasteiger partial charge on any atom is 0.231 e. The van der Waals surface area contributed by atoms with Gasteiger partial charge in [-0.15, -0.1) is 6.58 Å². The fourth-order valence-electron chi connectivity index (χ4n) is 2.26. The Kier molecular flexibility index (Phi) is 3.06. The van der Waals surface area contributed by atoms with Crippen molar-refractivity contribution in [3.05, 3.63) is 35.6 Å². The van der Waals surface area contributed by atoms with Gasteiger partial charge in [0.1, 0.15) is 17.3 Å². The highest BCUT2D eigenvalue weighted by Gasteiger charge is 2.21. The standard InChI is InChI=1S/C14H14ClN3O2/c1-3-4-18-8(2)17-12(14(18)16)9-5-10(15)13-11(6-9)19-7-20-13/h3,5-6H,1,4,7,16H2,2H3. The molecule has 0 fully saturated rings. The van der Waals surface area contributed by atoms with E-state index in [2.05, 4.69) is 11.6 Å². The molecule has 1 aromatic carbocycles. The van der Waals surface area contributed by atoms with E-state index in [-0.39, 0.29) is 6.79 Å². The molecule has 1 aliphatic rings. The van der Waals surface area contributed by atoms with Gasteiger partial charge >= 0.3 is 0 Å². The van der Waals surface area contributed by atoms with Crippen LogP contribution in [0.5, 0.6) is 11.5 Å². The lowest BCUT2D eigenvalue weighted by Crippen LogP contribution is -2.03. The van der Waals surface area contributed by atoms with E-state index in [1.165, 1.54) is 0 Å². The van der Waals surface area contributed by atoms with E-state index in [9.17, 15) is 0 Å².